The molecular formula is C35H65N3S4SiY5-2. The van der Waals surface area contributed by atoms with Gasteiger partial charge in [-0.25, -0.2) is 0 Å². The maximum absolute atomic E-state index is 3.76. The Bertz CT molecular complexity index is 805. The Morgan fingerprint density at radius 2 is 0.833 bits per heavy atom. The largest absolute Gasteiger partial charge is 0.492 e. The molecule has 0 bridgehead atoms. The van der Waals surface area contributed by atoms with E-state index in [0.29, 0.717) is 0 Å². The first kappa shape index (κ1) is 65.6. The van der Waals surface area contributed by atoms with Crippen LogP contribution < -0.4 is 5.21 Å². The fourth-order valence-electron chi connectivity index (χ4n) is 5.92. The third-order valence-corrected chi connectivity index (χ3v) is 16.3. The van der Waals surface area contributed by atoms with Crippen molar-refractivity contribution < 1.29 is 164 Å². The molecule has 265 valence electrons. The van der Waals surface area contributed by atoms with Crippen LogP contribution in [0.2, 0.25) is 11.1 Å². The van der Waals surface area contributed by atoms with Crippen LogP contribution >= 0.6 is 47.0 Å². The zero-order chi connectivity index (χ0) is 32.6. The molecule has 1 aliphatic carbocycles. The fourth-order valence-corrected chi connectivity index (χ4v) is 16.5. The average molecular weight is 1130 g/mol. The van der Waals surface area contributed by atoms with Crippen molar-refractivity contribution in [2.75, 3.05) is 23.0 Å². The number of aromatic nitrogens is 3. The molecule has 8 unspecified atom stereocenters. The van der Waals surface area contributed by atoms with Crippen LogP contribution in [0.4, 0.5) is 0 Å². The van der Waals surface area contributed by atoms with Crippen molar-refractivity contribution in [3.8, 4) is 0 Å². The number of fused-ring (bicyclic) bond motifs is 7. The third kappa shape index (κ3) is 21.5. The van der Waals surface area contributed by atoms with Crippen LogP contribution in [0, 0.1) is 18.3 Å². The van der Waals surface area contributed by atoms with Crippen molar-refractivity contribution in [1.29, 1.82) is 0 Å². The van der Waals surface area contributed by atoms with Gasteiger partial charge in [0, 0.05) is 184 Å². The molecule has 2 aromatic rings. The number of benzene rings is 1. The molecule has 5 saturated heterocycles. The first-order valence-electron chi connectivity index (χ1n) is 17.6. The molecule has 3 nitrogen and oxygen atoms in total. The predicted octanol–water partition coefficient (Wildman–Crippen LogP) is 11.5. The van der Waals surface area contributed by atoms with Gasteiger partial charge >= 0.3 is 0 Å². The average Bonchev–Trinajstić information content (AvgIpc) is 3.93. The standard InChI is InChI=1S/C9H13S2.C8H12S2Si.C6H4N3.6C2H6.5Y/c1-3-10-8-6(1)5-7-2-4-11-9(7)8;1-3-9-7-5(1)11-6-2-4-10-8(6)7;1-2-4-6-5(3-1)7-9-8-6;6*1-2;;;;;/h5-9H,1-4H2;5-8H,1-4H2;1-4H;6*1-2H3;;;;;/q-1;;-1;;;;;;;;;;;. The van der Waals surface area contributed by atoms with E-state index < -0.39 is 0 Å². The van der Waals surface area contributed by atoms with Crippen molar-refractivity contribution in [3.63, 3.8) is 0 Å². The first-order valence-corrected chi connectivity index (χ1v) is 23.0. The van der Waals surface area contributed by atoms with Gasteiger partial charge in [-0.1, -0.05) is 108 Å². The number of nitrogens with zero attached hydrogens (tertiary/aromatic N) is 3. The quantitative estimate of drug-likeness (QED) is 0.192. The van der Waals surface area contributed by atoms with Crippen LogP contribution in [0.15, 0.2) is 24.3 Å². The van der Waals surface area contributed by atoms with E-state index in [9.17, 15) is 0 Å². The molecule has 6 aliphatic rings. The second kappa shape index (κ2) is 43.9. The molecule has 6 fully saturated rings. The van der Waals surface area contributed by atoms with Gasteiger partial charge in [0.25, 0.3) is 0 Å². The summed E-state index contributed by atoms with van der Waals surface area (Å²) in [4.78, 5) is 0. The summed E-state index contributed by atoms with van der Waals surface area (Å²) in [6, 6.07) is 7.60. The molecule has 1 aromatic carbocycles. The summed E-state index contributed by atoms with van der Waals surface area (Å²) in [5.41, 5.74) is 4.03. The van der Waals surface area contributed by atoms with Crippen molar-refractivity contribution in [2.24, 2.45) is 11.8 Å². The van der Waals surface area contributed by atoms with Crippen molar-refractivity contribution >= 4 is 67.6 Å². The molecule has 6 heterocycles. The Morgan fingerprint density at radius 1 is 0.521 bits per heavy atom. The first-order chi connectivity index (χ1) is 21.4. The van der Waals surface area contributed by atoms with Crippen LogP contribution in [0.3, 0.4) is 0 Å². The van der Waals surface area contributed by atoms with Gasteiger partial charge in [-0.05, 0) is 69.6 Å². The Morgan fingerprint density at radius 3 is 1.19 bits per heavy atom. The van der Waals surface area contributed by atoms with E-state index in [1.165, 1.54) is 45.4 Å². The number of hydrogen-bond acceptors (Lipinski definition) is 6. The van der Waals surface area contributed by atoms with Crippen LogP contribution in [0.5, 0.6) is 0 Å². The summed E-state index contributed by atoms with van der Waals surface area (Å²) in [6.07, 6.45) is 8.71. The molecule has 1 aromatic heterocycles. The van der Waals surface area contributed by atoms with Crippen LogP contribution in [-0.2, 0) is 164 Å². The molecule has 8 rings (SSSR count). The van der Waals surface area contributed by atoms with Gasteiger partial charge in [-0.2, -0.15) is 58.9 Å². The molecule has 0 N–H and O–H groups in total. The molecule has 1 saturated carbocycles. The molecule has 0 spiro atoms. The minimum atomic E-state index is 0. The molecular weight excluding hydrogens is 1060 g/mol. The fraction of sp³-hybridized carbons (Fsp3) is 0.800. The Labute approximate surface area is 444 Å². The van der Waals surface area contributed by atoms with Gasteiger partial charge in [-0.3, -0.25) is 0 Å². The third-order valence-electron chi connectivity index (χ3n) is 7.40. The van der Waals surface area contributed by atoms with Gasteiger partial charge < -0.3 is 21.8 Å². The summed E-state index contributed by atoms with van der Waals surface area (Å²) in [5.74, 6) is 7.79. The number of rotatable bonds is 0. The topological polar surface area (TPSA) is 39.9 Å². The van der Waals surface area contributed by atoms with Gasteiger partial charge in [0.15, 0.2) is 0 Å². The Hall–Kier alpha value is 5.76. The zero-order valence-electron chi connectivity index (χ0n) is 32.5. The maximum Gasteiger partial charge on any atom is 0.0665 e. The Balaban J connectivity index is -0.000000114. The van der Waals surface area contributed by atoms with E-state index in [-0.39, 0.29) is 164 Å². The van der Waals surface area contributed by atoms with Crippen LogP contribution in [0.25, 0.3) is 11.0 Å². The normalized spacial score (nSPS) is 27.7. The number of hydrogen-bond donors (Lipinski definition) is 0. The summed E-state index contributed by atoms with van der Waals surface area (Å²) >= 11 is 9.03. The summed E-state index contributed by atoms with van der Waals surface area (Å²) in [7, 11) is 1.33. The van der Waals surface area contributed by atoms with Crippen molar-refractivity contribution in [1.82, 2.24) is 15.4 Å². The SMILES string of the molecule is C1CC2[Si]C3CCSC3C2S1.CC.CC.CC.CC.CC.CC.[CH-]1C2CCSC2C2SCCC12.[Y].[Y].[Y].[Y].[Y].c1ccc2n[n-]nc2c1. The summed E-state index contributed by atoms with van der Waals surface area (Å²) < 4.78 is 0. The van der Waals surface area contributed by atoms with Gasteiger partial charge in [0.1, 0.15) is 0 Å². The molecule has 0 amide bonds. The van der Waals surface area contributed by atoms with E-state index in [1.807, 2.05) is 107 Å². The van der Waals surface area contributed by atoms with E-state index in [1.54, 1.807) is 12.8 Å². The second-order valence-electron chi connectivity index (χ2n) is 9.17. The second-order valence-corrected chi connectivity index (χ2v) is 16.1. The van der Waals surface area contributed by atoms with E-state index in [0.717, 1.165) is 55.0 Å². The van der Waals surface area contributed by atoms with Gasteiger partial charge in [0.2, 0.25) is 0 Å². The minimum Gasteiger partial charge on any atom is -0.492 e. The zero-order valence-corrected chi connectivity index (χ0v) is 51.0. The summed E-state index contributed by atoms with van der Waals surface area (Å²) in [5, 5.41) is 15.2. The number of thioether (sulfide) groups is 4. The molecule has 7 radical (unpaired) electrons. The maximum atomic E-state index is 3.76. The smallest absolute Gasteiger partial charge is 0.0665 e. The molecule has 13 heteroatoms. The van der Waals surface area contributed by atoms with Gasteiger partial charge in [-0.15, -0.1) is 0 Å². The van der Waals surface area contributed by atoms with Crippen LogP contribution in [-0.4, -0.2) is 63.7 Å². The monoisotopic (exact) mass is 1130 g/mol. The van der Waals surface area contributed by atoms with Crippen molar-refractivity contribution in [2.45, 2.75) is 141 Å². The Kier molecular flexibility index (Phi) is 60.0. The minimum absolute atomic E-state index is 0. The summed E-state index contributed by atoms with van der Waals surface area (Å²) in [6.45, 7) is 24.0. The van der Waals surface area contributed by atoms with Gasteiger partial charge in [0.05, 0.1) is 11.0 Å². The van der Waals surface area contributed by atoms with Crippen molar-refractivity contribution in [3.05, 3.63) is 30.7 Å². The van der Waals surface area contributed by atoms with E-state index in [2.05, 4.69) is 68.9 Å². The molecule has 48 heavy (non-hydrogen) atoms. The van der Waals surface area contributed by atoms with E-state index in [4.69, 9.17) is 0 Å². The van der Waals surface area contributed by atoms with Crippen LogP contribution in [0.1, 0.15) is 109 Å². The molecule has 5 aliphatic heterocycles. The predicted molar refractivity (Wildman–Crippen MR) is 209 cm³/mol. The van der Waals surface area contributed by atoms with E-state index >= 15 is 0 Å². The molecule has 8 atom stereocenters.